The number of alkyl halides is 6. The molecule has 9 heteroatoms. The monoisotopic (exact) mass is 426 g/mol. The molecule has 0 spiro atoms. The molecule has 2 heterocycles. The molecule has 2 aromatic carbocycles. The van der Waals surface area contributed by atoms with Gasteiger partial charge in [0.15, 0.2) is 0 Å². The van der Waals surface area contributed by atoms with Crippen molar-refractivity contribution >= 4 is 12.4 Å². The number of aliphatic imine (C=N–C) groups is 2. The van der Waals surface area contributed by atoms with Crippen molar-refractivity contribution in [2.75, 3.05) is 6.61 Å². The van der Waals surface area contributed by atoms with Gasteiger partial charge in [0, 0.05) is 12.4 Å². The van der Waals surface area contributed by atoms with Gasteiger partial charge in [-0.2, -0.15) is 26.3 Å². The van der Waals surface area contributed by atoms with E-state index in [2.05, 4.69) is 9.98 Å². The normalized spacial score (nSPS) is 24.7. The molecule has 3 nitrogen and oxygen atoms in total. The molecule has 0 aliphatic carbocycles. The summed E-state index contributed by atoms with van der Waals surface area (Å²) in [6, 6.07) is 11.7. The maximum Gasteiger partial charge on any atom is 0.422 e. The lowest BCUT2D eigenvalue weighted by Crippen LogP contribution is -2.31. The number of halogens is 6. The van der Waals surface area contributed by atoms with Crippen LogP contribution in [0.3, 0.4) is 0 Å². The zero-order valence-corrected chi connectivity index (χ0v) is 15.5. The van der Waals surface area contributed by atoms with Crippen molar-refractivity contribution in [3.63, 3.8) is 0 Å². The smallest absolute Gasteiger partial charge is 0.422 e. The van der Waals surface area contributed by atoms with Gasteiger partial charge >= 0.3 is 12.4 Å². The van der Waals surface area contributed by atoms with Crippen LogP contribution >= 0.6 is 0 Å². The molecule has 4 rings (SSSR count). The highest BCUT2D eigenvalue weighted by atomic mass is 19.4. The summed E-state index contributed by atoms with van der Waals surface area (Å²) in [5, 5.41) is 0. The number of rotatable bonds is 7. The predicted octanol–water partition coefficient (Wildman–Crippen LogP) is 5.38. The minimum absolute atomic E-state index is 0.0405. The summed E-state index contributed by atoms with van der Waals surface area (Å²) in [7, 11) is 0. The summed E-state index contributed by atoms with van der Waals surface area (Å²) in [5.41, 5.74) is -3.39. The molecule has 0 aromatic heterocycles. The highest BCUT2D eigenvalue weighted by Crippen LogP contribution is 2.48. The average molecular weight is 426 g/mol. The van der Waals surface area contributed by atoms with Gasteiger partial charge in [0.2, 0.25) is 11.1 Å². The van der Waals surface area contributed by atoms with E-state index in [4.69, 9.17) is 4.74 Å². The van der Waals surface area contributed by atoms with Crippen LogP contribution in [0.1, 0.15) is 23.1 Å². The van der Waals surface area contributed by atoms with Crippen molar-refractivity contribution in [2.45, 2.75) is 36.3 Å². The largest absolute Gasteiger partial charge is 0.494 e. The number of hydrogen-bond acceptors (Lipinski definition) is 3. The Balaban J connectivity index is 1.26. The van der Waals surface area contributed by atoms with E-state index < -0.39 is 23.4 Å². The summed E-state index contributed by atoms with van der Waals surface area (Å²) in [6.07, 6.45) is -5.95. The van der Waals surface area contributed by atoms with Gasteiger partial charge in [0.1, 0.15) is 5.75 Å². The van der Waals surface area contributed by atoms with Crippen LogP contribution in [0.5, 0.6) is 5.75 Å². The van der Waals surface area contributed by atoms with Crippen molar-refractivity contribution < 1.29 is 31.1 Å². The van der Waals surface area contributed by atoms with Gasteiger partial charge in [0.05, 0.1) is 6.61 Å². The van der Waals surface area contributed by atoms with Crippen LogP contribution in [0.25, 0.3) is 0 Å². The fourth-order valence-corrected chi connectivity index (χ4v) is 3.24. The molecule has 2 aliphatic rings. The third kappa shape index (κ3) is 3.57. The molecular weight excluding hydrogens is 410 g/mol. The number of benzene rings is 2. The zero-order valence-electron chi connectivity index (χ0n) is 15.5. The first kappa shape index (κ1) is 20.4. The maximum absolute atomic E-state index is 13.0. The van der Waals surface area contributed by atoms with Gasteiger partial charge in [-0.1, -0.05) is 36.4 Å². The SMILES string of the molecule is FC(F)(F)C1(c2ccc(CCCOc3ccc(C4(C(F)(F)F)C=N4)cc3)cc2)C=N1. The Labute approximate surface area is 168 Å². The molecule has 30 heavy (non-hydrogen) atoms. The Morgan fingerprint density at radius 2 is 1.13 bits per heavy atom. The number of ether oxygens (including phenoxy) is 1. The van der Waals surface area contributed by atoms with E-state index >= 15 is 0 Å². The Bertz CT molecular complexity index is 881. The molecule has 0 N–H and O–H groups in total. The van der Waals surface area contributed by atoms with Gasteiger partial charge in [-0.3, -0.25) is 9.98 Å². The first-order valence-electron chi connectivity index (χ1n) is 9.16. The summed E-state index contributed by atoms with van der Waals surface area (Å²) < 4.78 is 83.7. The number of hydrogen-bond donors (Lipinski definition) is 0. The molecule has 2 aliphatic heterocycles. The molecule has 2 aromatic rings. The van der Waals surface area contributed by atoms with Crippen molar-refractivity contribution in [3.05, 3.63) is 65.2 Å². The third-order valence-corrected chi connectivity index (χ3v) is 5.21. The molecule has 158 valence electrons. The van der Waals surface area contributed by atoms with Crippen molar-refractivity contribution in [3.8, 4) is 5.75 Å². The first-order chi connectivity index (χ1) is 14.1. The topological polar surface area (TPSA) is 34.0 Å². The molecule has 0 amide bonds. The van der Waals surface area contributed by atoms with Gasteiger partial charge in [0.25, 0.3) is 0 Å². The van der Waals surface area contributed by atoms with Crippen molar-refractivity contribution in [1.82, 2.24) is 0 Å². The van der Waals surface area contributed by atoms with Crippen LogP contribution in [0.4, 0.5) is 26.3 Å². The van der Waals surface area contributed by atoms with E-state index in [1.807, 2.05) is 0 Å². The summed E-state index contributed by atoms with van der Waals surface area (Å²) in [5.74, 6) is 0.435. The maximum atomic E-state index is 13.0. The van der Waals surface area contributed by atoms with E-state index in [-0.39, 0.29) is 11.1 Å². The van der Waals surface area contributed by atoms with Gasteiger partial charge in [-0.05, 0) is 41.7 Å². The van der Waals surface area contributed by atoms with Crippen LogP contribution < -0.4 is 4.74 Å². The van der Waals surface area contributed by atoms with Crippen LogP contribution in [0, 0.1) is 0 Å². The van der Waals surface area contributed by atoms with E-state index in [1.54, 1.807) is 12.1 Å². The molecule has 0 bridgehead atoms. The average Bonchev–Trinajstić information content (AvgIpc) is 3.58. The van der Waals surface area contributed by atoms with E-state index in [0.717, 1.165) is 18.0 Å². The predicted molar refractivity (Wildman–Crippen MR) is 99.2 cm³/mol. The highest BCUT2D eigenvalue weighted by molar-refractivity contribution is 5.88. The van der Waals surface area contributed by atoms with Crippen LogP contribution in [-0.4, -0.2) is 31.4 Å². The second kappa shape index (κ2) is 6.85. The minimum Gasteiger partial charge on any atom is -0.494 e. The Morgan fingerprint density at radius 3 is 1.53 bits per heavy atom. The number of aryl methyl sites for hydroxylation is 1. The van der Waals surface area contributed by atoms with Gasteiger partial charge in [-0.15, -0.1) is 0 Å². The standard InChI is InChI=1S/C21H16F6N2O/c22-20(23,24)18(12-28-18)15-5-3-14(4-6-15)2-1-11-30-17-9-7-16(8-10-17)19(13-29-19)21(25,26)27/h3-10,12-13H,1-2,11H2. The van der Waals surface area contributed by atoms with Gasteiger partial charge < -0.3 is 4.74 Å². The van der Waals surface area contributed by atoms with Crippen molar-refractivity contribution in [1.29, 1.82) is 0 Å². The molecule has 0 fully saturated rings. The fourth-order valence-electron chi connectivity index (χ4n) is 3.24. The Hall–Kier alpha value is -2.84. The summed E-state index contributed by atoms with van der Waals surface area (Å²) >= 11 is 0. The zero-order chi connectivity index (χ0) is 21.6. The van der Waals surface area contributed by atoms with Crippen LogP contribution in [0.15, 0.2) is 58.5 Å². The molecule has 0 saturated carbocycles. The van der Waals surface area contributed by atoms with E-state index in [0.29, 0.717) is 25.2 Å². The third-order valence-electron chi connectivity index (χ3n) is 5.21. The molecule has 2 atom stereocenters. The molecule has 0 saturated heterocycles. The lowest BCUT2D eigenvalue weighted by atomic mass is 9.95. The second-order valence-corrected chi connectivity index (χ2v) is 7.22. The van der Waals surface area contributed by atoms with Crippen molar-refractivity contribution in [2.24, 2.45) is 9.98 Å². The van der Waals surface area contributed by atoms with E-state index in [9.17, 15) is 26.3 Å². The number of nitrogens with zero attached hydrogens (tertiary/aromatic N) is 2. The lowest BCUT2D eigenvalue weighted by molar-refractivity contribution is -0.156. The molecular formula is C21H16F6N2O. The van der Waals surface area contributed by atoms with Crippen LogP contribution in [0.2, 0.25) is 0 Å². The minimum atomic E-state index is -4.46. The van der Waals surface area contributed by atoms with E-state index in [1.165, 1.54) is 36.4 Å². The first-order valence-corrected chi connectivity index (χ1v) is 9.16. The Morgan fingerprint density at radius 1 is 0.700 bits per heavy atom. The quantitative estimate of drug-likeness (QED) is 0.432. The fraction of sp³-hybridized carbons (Fsp3) is 0.333. The summed E-state index contributed by atoms with van der Waals surface area (Å²) in [4.78, 5) is 6.80. The second-order valence-electron chi connectivity index (χ2n) is 7.22. The molecule has 0 radical (unpaired) electrons. The molecule has 2 unspecified atom stereocenters. The van der Waals surface area contributed by atoms with Crippen LogP contribution in [-0.2, 0) is 17.5 Å². The highest BCUT2D eigenvalue weighted by Gasteiger charge is 2.62. The van der Waals surface area contributed by atoms with Gasteiger partial charge in [-0.25, -0.2) is 0 Å². The summed E-state index contributed by atoms with van der Waals surface area (Å²) in [6.45, 7) is 0.317. The lowest BCUT2D eigenvalue weighted by Gasteiger charge is -2.18. The Kier molecular flexibility index (Phi) is 4.67.